The van der Waals surface area contributed by atoms with Gasteiger partial charge in [0.25, 0.3) is 0 Å². The molecule has 1 aliphatic heterocycles. The highest BCUT2D eigenvalue weighted by Crippen LogP contribution is 2.21. The van der Waals surface area contributed by atoms with Crippen LogP contribution < -0.4 is 0 Å². The van der Waals surface area contributed by atoms with Gasteiger partial charge in [-0.05, 0) is 18.2 Å². The van der Waals surface area contributed by atoms with Gasteiger partial charge in [-0.1, -0.05) is 0 Å². The number of nitrogens with zero attached hydrogens (tertiary/aromatic N) is 1. The molecule has 1 saturated heterocycles. The number of carbonyl (C=O) groups excluding carboxylic acids is 1. The molecule has 1 aliphatic rings. The van der Waals surface area contributed by atoms with E-state index in [1.807, 2.05) is 0 Å². The maximum atomic E-state index is 12.0. The number of hydrogen-bond donors (Lipinski definition) is 1. The van der Waals surface area contributed by atoms with Gasteiger partial charge >= 0.3 is 5.97 Å². The van der Waals surface area contributed by atoms with E-state index in [0.717, 1.165) is 0 Å². The fraction of sp³-hybridized carbons (Fsp3) is 0.385. The highest BCUT2D eigenvalue weighted by atomic mass is 16.5. The van der Waals surface area contributed by atoms with Gasteiger partial charge in [0.15, 0.2) is 0 Å². The van der Waals surface area contributed by atoms with Gasteiger partial charge in [-0.25, -0.2) is 4.79 Å². The van der Waals surface area contributed by atoms with Crippen LogP contribution in [0.4, 0.5) is 0 Å². The Balaban J connectivity index is 2.06. The van der Waals surface area contributed by atoms with Crippen molar-refractivity contribution in [3.8, 4) is 0 Å². The Morgan fingerprint density at radius 2 is 2.37 bits per heavy atom. The second-order valence-electron chi connectivity index (χ2n) is 4.29. The van der Waals surface area contributed by atoms with E-state index in [2.05, 4.69) is 0 Å². The molecule has 0 saturated carbocycles. The average molecular weight is 265 g/mol. The lowest BCUT2D eigenvalue weighted by molar-refractivity contribution is -0.146. The first-order valence-corrected chi connectivity index (χ1v) is 5.89. The van der Waals surface area contributed by atoms with Gasteiger partial charge in [-0.15, -0.1) is 0 Å². The molecule has 0 aliphatic carbocycles. The molecule has 6 heteroatoms. The number of methoxy groups -OCH3 is 1. The summed E-state index contributed by atoms with van der Waals surface area (Å²) in [6.45, 7) is 0.287. The third-order valence-corrected chi connectivity index (χ3v) is 3.10. The Labute approximate surface area is 110 Å². The third kappa shape index (κ3) is 3.03. The van der Waals surface area contributed by atoms with Crippen molar-refractivity contribution in [1.29, 1.82) is 0 Å². The predicted octanol–water partition coefficient (Wildman–Crippen LogP) is 0.993. The van der Waals surface area contributed by atoms with Crippen molar-refractivity contribution >= 4 is 18.0 Å². The highest BCUT2D eigenvalue weighted by molar-refractivity contribution is 5.94. The number of carboxylic acids is 1. The molecule has 0 aromatic carbocycles. The maximum Gasteiger partial charge on any atom is 0.326 e. The van der Waals surface area contributed by atoms with E-state index in [-0.39, 0.29) is 18.6 Å². The SMILES string of the molecule is COC1CC(C(=O)O)N(C(=O)/C=C/c2ccco2)C1. The number of amides is 1. The maximum absolute atomic E-state index is 12.0. The molecule has 2 rings (SSSR count). The number of furan rings is 1. The molecule has 102 valence electrons. The van der Waals surface area contributed by atoms with Gasteiger partial charge in [0.2, 0.25) is 5.91 Å². The Morgan fingerprint density at radius 3 is 2.95 bits per heavy atom. The number of carbonyl (C=O) groups is 2. The molecule has 1 fully saturated rings. The summed E-state index contributed by atoms with van der Waals surface area (Å²) >= 11 is 0. The summed E-state index contributed by atoms with van der Waals surface area (Å²) in [4.78, 5) is 24.4. The number of likely N-dealkylation sites (tertiary alicyclic amines) is 1. The van der Waals surface area contributed by atoms with Gasteiger partial charge in [0.1, 0.15) is 11.8 Å². The Hall–Kier alpha value is -2.08. The van der Waals surface area contributed by atoms with E-state index in [4.69, 9.17) is 14.3 Å². The van der Waals surface area contributed by atoms with Crippen LogP contribution in [-0.2, 0) is 14.3 Å². The second-order valence-corrected chi connectivity index (χ2v) is 4.29. The van der Waals surface area contributed by atoms with Crippen molar-refractivity contribution in [3.05, 3.63) is 30.2 Å². The molecular formula is C13H15NO5. The molecule has 1 aromatic heterocycles. The van der Waals surface area contributed by atoms with E-state index in [1.165, 1.54) is 30.4 Å². The molecule has 6 nitrogen and oxygen atoms in total. The molecule has 1 aromatic rings. The molecule has 2 heterocycles. The van der Waals surface area contributed by atoms with Crippen LogP contribution in [0.25, 0.3) is 6.08 Å². The van der Waals surface area contributed by atoms with Crippen LogP contribution in [-0.4, -0.2) is 47.7 Å². The smallest absolute Gasteiger partial charge is 0.326 e. The summed E-state index contributed by atoms with van der Waals surface area (Å²) in [5.74, 6) is -0.828. The first-order valence-electron chi connectivity index (χ1n) is 5.89. The third-order valence-electron chi connectivity index (χ3n) is 3.10. The molecule has 1 amide bonds. The summed E-state index contributed by atoms with van der Waals surface area (Å²) in [6.07, 6.45) is 4.41. The number of carboxylic acid groups (broad SMARTS) is 1. The zero-order chi connectivity index (χ0) is 13.8. The Bertz CT molecular complexity index is 479. The van der Waals surface area contributed by atoms with Crippen LogP contribution in [0.1, 0.15) is 12.2 Å². The van der Waals surface area contributed by atoms with E-state index in [1.54, 1.807) is 12.1 Å². The molecular weight excluding hydrogens is 250 g/mol. The topological polar surface area (TPSA) is 80.0 Å². The molecule has 0 spiro atoms. The molecule has 0 radical (unpaired) electrons. The summed E-state index contributed by atoms with van der Waals surface area (Å²) in [5.41, 5.74) is 0. The van der Waals surface area contributed by atoms with Crippen LogP contribution in [0.15, 0.2) is 28.9 Å². The minimum atomic E-state index is -1.01. The van der Waals surface area contributed by atoms with Crippen LogP contribution in [0, 0.1) is 0 Å². The summed E-state index contributed by atoms with van der Waals surface area (Å²) in [7, 11) is 1.51. The predicted molar refractivity (Wildman–Crippen MR) is 66.3 cm³/mol. The molecule has 0 bridgehead atoms. The van der Waals surface area contributed by atoms with E-state index in [0.29, 0.717) is 12.2 Å². The van der Waals surface area contributed by atoms with Crippen molar-refractivity contribution in [1.82, 2.24) is 4.90 Å². The summed E-state index contributed by atoms with van der Waals surface area (Å²) < 4.78 is 10.2. The first-order chi connectivity index (χ1) is 9.11. The fourth-order valence-corrected chi connectivity index (χ4v) is 2.08. The van der Waals surface area contributed by atoms with Crippen LogP contribution in [0.3, 0.4) is 0 Å². The largest absolute Gasteiger partial charge is 0.480 e. The van der Waals surface area contributed by atoms with Crippen molar-refractivity contribution in [2.24, 2.45) is 0 Å². The lowest BCUT2D eigenvalue weighted by Gasteiger charge is -2.19. The summed E-state index contributed by atoms with van der Waals surface area (Å²) in [6, 6.07) is 2.58. The number of rotatable bonds is 4. The van der Waals surface area contributed by atoms with Crippen molar-refractivity contribution in [2.75, 3.05) is 13.7 Å². The van der Waals surface area contributed by atoms with Crippen molar-refractivity contribution in [3.63, 3.8) is 0 Å². The second kappa shape index (κ2) is 5.71. The lowest BCUT2D eigenvalue weighted by Crippen LogP contribution is -2.39. The zero-order valence-electron chi connectivity index (χ0n) is 10.5. The number of ether oxygens (including phenoxy) is 1. The lowest BCUT2D eigenvalue weighted by atomic mass is 10.2. The quantitative estimate of drug-likeness (QED) is 0.821. The molecule has 2 atom stereocenters. The summed E-state index contributed by atoms with van der Waals surface area (Å²) in [5, 5.41) is 9.11. The van der Waals surface area contributed by atoms with E-state index in [9.17, 15) is 9.59 Å². The Morgan fingerprint density at radius 1 is 1.58 bits per heavy atom. The van der Waals surface area contributed by atoms with Gasteiger partial charge in [-0.3, -0.25) is 4.79 Å². The van der Waals surface area contributed by atoms with Crippen molar-refractivity contribution in [2.45, 2.75) is 18.6 Å². The van der Waals surface area contributed by atoms with Crippen molar-refractivity contribution < 1.29 is 23.8 Å². The van der Waals surface area contributed by atoms with Crippen LogP contribution in [0.2, 0.25) is 0 Å². The Kier molecular flexibility index (Phi) is 4.01. The van der Waals surface area contributed by atoms with Gasteiger partial charge < -0.3 is 19.2 Å². The standard InChI is InChI=1S/C13H15NO5/c1-18-10-7-11(13(16)17)14(8-10)12(15)5-4-9-3-2-6-19-9/h2-6,10-11H,7-8H2,1H3,(H,16,17)/b5-4+. The van der Waals surface area contributed by atoms with E-state index < -0.39 is 12.0 Å². The van der Waals surface area contributed by atoms with Gasteiger partial charge in [0, 0.05) is 26.2 Å². The average Bonchev–Trinajstić information content (AvgIpc) is 3.04. The highest BCUT2D eigenvalue weighted by Gasteiger charge is 2.38. The zero-order valence-corrected chi connectivity index (χ0v) is 10.5. The molecule has 19 heavy (non-hydrogen) atoms. The minimum absolute atomic E-state index is 0.234. The molecule has 1 N–H and O–H groups in total. The monoisotopic (exact) mass is 265 g/mol. The van der Waals surface area contributed by atoms with Gasteiger partial charge in [-0.2, -0.15) is 0 Å². The normalized spacial score (nSPS) is 23.1. The number of aliphatic carboxylic acids is 1. The van der Waals surface area contributed by atoms with E-state index >= 15 is 0 Å². The molecule has 2 unspecified atom stereocenters. The first kappa shape index (κ1) is 13.4. The van der Waals surface area contributed by atoms with Crippen LogP contribution in [0.5, 0.6) is 0 Å². The number of hydrogen-bond acceptors (Lipinski definition) is 4. The van der Waals surface area contributed by atoms with Crippen LogP contribution >= 0.6 is 0 Å². The minimum Gasteiger partial charge on any atom is -0.480 e. The fourth-order valence-electron chi connectivity index (χ4n) is 2.08. The van der Waals surface area contributed by atoms with Gasteiger partial charge in [0.05, 0.1) is 12.4 Å².